The van der Waals surface area contributed by atoms with Gasteiger partial charge < -0.3 is 10.4 Å². The lowest BCUT2D eigenvalue weighted by molar-refractivity contribution is -0.137. The van der Waals surface area contributed by atoms with Gasteiger partial charge in [0.1, 0.15) is 0 Å². The van der Waals surface area contributed by atoms with Gasteiger partial charge in [0.2, 0.25) is 5.91 Å². The molecule has 0 aromatic carbocycles. The van der Waals surface area contributed by atoms with E-state index in [-0.39, 0.29) is 17.7 Å². The summed E-state index contributed by atoms with van der Waals surface area (Å²) in [5.74, 6) is -0.834. The second-order valence-electron chi connectivity index (χ2n) is 3.99. The van der Waals surface area contributed by atoms with Crippen molar-refractivity contribution in [1.82, 2.24) is 5.32 Å². The summed E-state index contributed by atoms with van der Waals surface area (Å²) < 4.78 is 0. The van der Waals surface area contributed by atoms with Crippen LogP contribution in [-0.4, -0.2) is 23.5 Å². The van der Waals surface area contributed by atoms with Crippen LogP contribution in [0.3, 0.4) is 0 Å². The lowest BCUT2D eigenvalue weighted by atomic mass is 9.89. The maximum Gasteiger partial charge on any atom is 0.303 e. The Bertz CT molecular complexity index is 211. The second kappa shape index (κ2) is 5.62. The number of hydrogen-bond donors (Lipinski definition) is 2. The molecule has 4 nitrogen and oxygen atoms in total. The van der Waals surface area contributed by atoms with Crippen LogP contribution in [0.5, 0.6) is 0 Å². The van der Waals surface area contributed by atoms with Gasteiger partial charge in [-0.05, 0) is 12.8 Å². The Hall–Kier alpha value is -1.06. The molecule has 0 fully saturated rings. The van der Waals surface area contributed by atoms with Gasteiger partial charge in [0.25, 0.3) is 0 Å². The highest BCUT2D eigenvalue weighted by molar-refractivity contribution is 5.81. The molecule has 0 radical (unpaired) electrons. The Balaban J connectivity index is 3.70. The van der Waals surface area contributed by atoms with Gasteiger partial charge in [-0.15, -0.1) is 0 Å². The average Bonchev–Trinajstić information content (AvgIpc) is 2.11. The van der Waals surface area contributed by atoms with Crippen molar-refractivity contribution in [3.63, 3.8) is 0 Å². The summed E-state index contributed by atoms with van der Waals surface area (Å²) >= 11 is 0. The number of carbonyl (C=O) groups is 2. The van der Waals surface area contributed by atoms with Crippen LogP contribution in [0.25, 0.3) is 0 Å². The van der Waals surface area contributed by atoms with Gasteiger partial charge in [-0.2, -0.15) is 0 Å². The number of rotatable bonds is 6. The molecular weight excluding hydrogens is 182 g/mol. The Morgan fingerprint density at radius 2 is 1.93 bits per heavy atom. The SMILES string of the molecule is CCC(C)(C)C(=O)NCCCC(=O)O. The molecule has 0 aromatic heterocycles. The van der Waals surface area contributed by atoms with E-state index in [1.807, 2.05) is 20.8 Å². The minimum absolute atomic E-state index is 0.00890. The van der Waals surface area contributed by atoms with Crippen LogP contribution in [0, 0.1) is 5.41 Å². The third-order valence-electron chi connectivity index (χ3n) is 2.35. The van der Waals surface area contributed by atoms with E-state index < -0.39 is 5.97 Å². The van der Waals surface area contributed by atoms with Crippen molar-refractivity contribution in [3.05, 3.63) is 0 Å². The lowest BCUT2D eigenvalue weighted by Crippen LogP contribution is -2.37. The minimum atomic E-state index is -0.825. The maximum atomic E-state index is 11.5. The maximum absolute atomic E-state index is 11.5. The highest BCUT2D eigenvalue weighted by Gasteiger charge is 2.24. The van der Waals surface area contributed by atoms with Gasteiger partial charge in [0, 0.05) is 18.4 Å². The van der Waals surface area contributed by atoms with E-state index in [0.717, 1.165) is 6.42 Å². The van der Waals surface area contributed by atoms with Crippen LogP contribution in [0.2, 0.25) is 0 Å². The molecule has 0 heterocycles. The van der Waals surface area contributed by atoms with Gasteiger partial charge in [-0.1, -0.05) is 20.8 Å². The fraction of sp³-hybridized carbons (Fsp3) is 0.800. The van der Waals surface area contributed by atoms with Crippen LogP contribution in [-0.2, 0) is 9.59 Å². The molecule has 14 heavy (non-hydrogen) atoms. The van der Waals surface area contributed by atoms with Crippen molar-refractivity contribution in [2.75, 3.05) is 6.54 Å². The first-order valence-corrected chi connectivity index (χ1v) is 4.90. The molecule has 4 heteroatoms. The Morgan fingerprint density at radius 3 is 2.36 bits per heavy atom. The first kappa shape index (κ1) is 12.9. The Morgan fingerprint density at radius 1 is 1.36 bits per heavy atom. The van der Waals surface area contributed by atoms with Crippen LogP contribution in [0.15, 0.2) is 0 Å². The average molecular weight is 201 g/mol. The van der Waals surface area contributed by atoms with Gasteiger partial charge in [-0.3, -0.25) is 9.59 Å². The molecule has 0 aliphatic carbocycles. The van der Waals surface area contributed by atoms with E-state index in [1.54, 1.807) is 0 Å². The van der Waals surface area contributed by atoms with E-state index in [1.165, 1.54) is 0 Å². The predicted molar refractivity (Wildman–Crippen MR) is 54.0 cm³/mol. The summed E-state index contributed by atoms with van der Waals surface area (Å²) in [5.41, 5.74) is -0.358. The number of nitrogens with one attached hydrogen (secondary N) is 1. The predicted octanol–water partition coefficient (Wildman–Crippen LogP) is 1.40. The topological polar surface area (TPSA) is 66.4 Å². The summed E-state index contributed by atoms with van der Waals surface area (Å²) in [4.78, 5) is 21.7. The molecule has 0 saturated carbocycles. The summed E-state index contributed by atoms with van der Waals surface area (Å²) in [6.45, 7) is 6.14. The molecule has 1 amide bonds. The first-order valence-electron chi connectivity index (χ1n) is 4.90. The standard InChI is InChI=1S/C10H19NO3/c1-4-10(2,3)9(14)11-7-5-6-8(12)13/h4-7H2,1-3H3,(H,11,14)(H,12,13). The summed E-state index contributed by atoms with van der Waals surface area (Å²) in [6, 6.07) is 0. The van der Waals surface area contributed by atoms with E-state index in [4.69, 9.17) is 5.11 Å². The van der Waals surface area contributed by atoms with E-state index in [2.05, 4.69) is 5.32 Å². The highest BCUT2D eigenvalue weighted by atomic mass is 16.4. The van der Waals surface area contributed by atoms with Crippen molar-refractivity contribution >= 4 is 11.9 Å². The number of carboxylic acids is 1. The van der Waals surface area contributed by atoms with Crippen molar-refractivity contribution in [3.8, 4) is 0 Å². The highest BCUT2D eigenvalue weighted by Crippen LogP contribution is 2.19. The molecule has 0 aliphatic heterocycles. The number of amides is 1. The molecule has 0 aromatic rings. The molecule has 0 bridgehead atoms. The smallest absolute Gasteiger partial charge is 0.303 e. The molecule has 82 valence electrons. The van der Waals surface area contributed by atoms with Crippen LogP contribution >= 0.6 is 0 Å². The largest absolute Gasteiger partial charge is 0.481 e. The molecule has 0 atom stereocenters. The number of aliphatic carboxylic acids is 1. The van der Waals surface area contributed by atoms with Gasteiger partial charge >= 0.3 is 5.97 Å². The normalized spacial score (nSPS) is 11.1. The second-order valence-corrected chi connectivity index (χ2v) is 3.99. The van der Waals surface area contributed by atoms with E-state index in [0.29, 0.717) is 13.0 Å². The van der Waals surface area contributed by atoms with Crippen molar-refractivity contribution < 1.29 is 14.7 Å². The molecular formula is C10H19NO3. The zero-order valence-corrected chi connectivity index (χ0v) is 9.09. The van der Waals surface area contributed by atoms with Crippen molar-refractivity contribution in [2.45, 2.75) is 40.0 Å². The third-order valence-corrected chi connectivity index (χ3v) is 2.35. The molecule has 0 spiro atoms. The molecule has 0 unspecified atom stereocenters. The van der Waals surface area contributed by atoms with Crippen LogP contribution < -0.4 is 5.32 Å². The monoisotopic (exact) mass is 201 g/mol. The van der Waals surface area contributed by atoms with Gasteiger partial charge in [0.05, 0.1) is 0 Å². The summed E-state index contributed by atoms with van der Waals surface area (Å²) in [5, 5.41) is 11.1. The quantitative estimate of drug-likeness (QED) is 0.638. The first-order chi connectivity index (χ1) is 6.40. The molecule has 0 aliphatic rings. The van der Waals surface area contributed by atoms with Crippen LogP contribution in [0.1, 0.15) is 40.0 Å². The number of hydrogen-bond acceptors (Lipinski definition) is 2. The van der Waals surface area contributed by atoms with E-state index in [9.17, 15) is 9.59 Å². The summed E-state index contributed by atoms with van der Waals surface area (Å²) in [6.07, 6.45) is 1.37. The van der Waals surface area contributed by atoms with Gasteiger partial charge in [-0.25, -0.2) is 0 Å². The van der Waals surface area contributed by atoms with Crippen molar-refractivity contribution in [2.24, 2.45) is 5.41 Å². The molecule has 0 saturated heterocycles. The zero-order chi connectivity index (χ0) is 11.2. The Kier molecular flexibility index (Phi) is 5.20. The van der Waals surface area contributed by atoms with Crippen molar-refractivity contribution in [1.29, 1.82) is 0 Å². The van der Waals surface area contributed by atoms with E-state index >= 15 is 0 Å². The fourth-order valence-corrected chi connectivity index (χ4v) is 0.841. The number of carbonyl (C=O) groups excluding carboxylic acids is 1. The molecule has 2 N–H and O–H groups in total. The summed E-state index contributed by atoms with van der Waals surface area (Å²) in [7, 11) is 0. The van der Waals surface area contributed by atoms with Gasteiger partial charge in [0.15, 0.2) is 0 Å². The number of carboxylic acid groups (broad SMARTS) is 1. The lowest BCUT2D eigenvalue weighted by Gasteiger charge is -2.21. The van der Waals surface area contributed by atoms with Crippen LogP contribution in [0.4, 0.5) is 0 Å². The Labute approximate surface area is 84.7 Å². The minimum Gasteiger partial charge on any atom is -0.481 e. The molecule has 0 rings (SSSR count). The zero-order valence-electron chi connectivity index (χ0n) is 9.09. The fourth-order valence-electron chi connectivity index (χ4n) is 0.841. The third kappa shape index (κ3) is 4.84.